The standard InChI is InChI=1S/C13H16N4/c14-13-6-8-17(15-13)10-9-16-7-5-11-3-1-2-4-12(11)16/h1-4,6,8H,5,7,9-10H2,(H2,14,15). The third-order valence-corrected chi connectivity index (χ3v) is 3.24. The Bertz CT molecular complexity index is 518. The molecule has 0 fully saturated rings. The van der Waals surface area contributed by atoms with Gasteiger partial charge in [0.15, 0.2) is 0 Å². The van der Waals surface area contributed by atoms with Crippen molar-refractivity contribution in [1.82, 2.24) is 9.78 Å². The van der Waals surface area contributed by atoms with E-state index < -0.39 is 0 Å². The fraction of sp³-hybridized carbons (Fsp3) is 0.308. The summed E-state index contributed by atoms with van der Waals surface area (Å²) in [5, 5.41) is 4.20. The van der Waals surface area contributed by atoms with Gasteiger partial charge in [-0.2, -0.15) is 5.10 Å². The Labute approximate surface area is 101 Å². The number of aromatic nitrogens is 2. The van der Waals surface area contributed by atoms with Crippen LogP contribution in [-0.4, -0.2) is 22.9 Å². The summed E-state index contributed by atoms with van der Waals surface area (Å²) in [7, 11) is 0. The van der Waals surface area contributed by atoms with E-state index in [0.717, 1.165) is 26.1 Å². The van der Waals surface area contributed by atoms with E-state index in [1.54, 1.807) is 0 Å². The molecule has 0 saturated carbocycles. The van der Waals surface area contributed by atoms with Gasteiger partial charge in [-0.05, 0) is 24.1 Å². The second-order valence-electron chi connectivity index (χ2n) is 4.37. The molecule has 3 rings (SSSR count). The van der Waals surface area contributed by atoms with Crippen molar-refractivity contribution >= 4 is 11.5 Å². The lowest BCUT2D eigenvalue weighted by Gasteiger charge is -2.19. The molecule has 1 aromatic heterocycles. The molecule has 2 aromatic rings. The second kappa shape index (κ2) is 4.13. The van der Waals surface area contributed by atoms with Gasteiger partial charge in [0.25, 0.3) is 0 Å². The maximum atomic E-state index is 5.59. The van der Waals surface area contributed by atoms with Gasteiger partial charge in [-0.1, -0.05) is 18.2 Å². The van der Waals surface area contributed by atoms with Gasteiger partial charge < -0.3 is 10.6 Å². The summed E-state index contributed by atoms with van der Waals surface area (Å²) in [6.45, 7) is 2.97. The number of nitrogens with zero attached hydrogens (tertiary/aromatic N) is 3. The number of benzene rings is 1. The van der Waals surface area contributed by atoms with Gasteiger partial charge in [-0.15, -0.1) is 0 Å². The summed E-state index contributed by atoms with van der Waals surface area (Å²) in [5.74, 6) is 0.590. The summed E-state index contributed by atoms with van der Waals surface area (Å²) < 4.78 is 1.90. The Hall–Kier alpha value is -1.97. The molecule has 4 nitrogen and oxygen atoms in total. The summed E-state index contributed by atoms with van der Waals surface area (Å²) in [5.41, 5.74) is 8.41. The van der Waals surface area contributed by atoms with E-state index in [4.69, 9.17) is 5.73 Å². The van der Waals surface area contributed by atoms with Gasteiger partial charge in [-0.3, -0.25) is 4.68 Å². The van der Waals surface area contributed by atoms with E-state index in [9.17, 15) is 0 Å². The van der Waals surface area contributed by atoms with Crippen LogP contribution in [0.2, 0.25) is 0 Å². The fourth-order valence-electron chi connectivity index (χ4n) is 2.36. The van der Waals surface area contributed by atoms with Crippen LogP contribution in [0.3, 0.4) is 0 Å². The predicted octanol–water partition coefficient (Wildman–Crippen LogP) is 1.53. The third-order valence-electron chi connectivity index (χ3n) is 3.24. The molecule has 0 spiro atoms. The first-order valence-corrected chi connectivity index (χ1v) is 5.95. The van der Waals surface area contributed by atoms with Crippen molar-refractivity contribution in [3.05, 3.63) is 42.1 Å². The highest BCUT2D eigenvalue weighted by molar-refractivity contribution is 5.57. The number of rotatable bonds is 3. The van der Waals surface area contributed by atoms with E-state index in [0.29, 0.717) is 5.82 Å². The van der Waals surface area contributed by atoms with Crippen molar-refractivity contribution in [2.45, 2.75) is 13.0 Å². The Morgan fingerprint density at radius 2 is 2.06 bits per heavy atom. The smallest absolute Gasteiger partial charge is 0.145 e. The monoisotopic (exact) mass is 228 g/mol. The van der Waals surface area contributed by atoms with Crippen LogP contribution in [0, 0.1) is 0 Å². The Kier molecular flexibility index (Phi) is 2.48. The highest BCUT2D eigenvalue weighted by Gasteiger charge is 2.17. The van der Waals surface area contributed by atoms with E-state index in [2.05, 4.69) is 34.3 Å². The van der Waals surface area contributed by atoms with Crippen LogP contribution in [0.25, 0.3) is 0 Å². The van der Waals surface area contributed by atoms with Gasteiger partial charge in [0.2, 0.25) is 0 Å². The summed E-state index contributed by atoms with van der Waals surface area (Å²) in [6, 6.07) is 10.4. The number of hydrogen-bond acceptors (Lipinski definition) is 3. The lowest BCUT2D eigenvalue weighted by atomic mass is 10.2. The normalized spacial score (nSPS) is 14.0. The molecular weight excluding hydrogens is 212 g/mol. The largest absolute Gasteiger partial charge is 0.382 e. The van der Waals surface area contributed by atoms with Crippen LogP contribution in [-0.2, 0) is 13.0 Å². The van der Waals surface area contributed by atoms with Gasteiger partial charge in [0, 0.05) is 25.0 Å². The number of para-hydroxylation sites is 1. The van der Waals surface area contributed by atoms with Crippen LogP contribution in [0.15, 0.2) is 36.5 Å². The maximum Gasteiger partial charge on any atom is 0.145 e. The van der Waals surface area contributed by atoms with Crippen LogP contribution >= 0.6 is 0 Å². The molecule has 88 valence electrons. The lowest BCUT2D eigenvalue weighted by molar-refractivity contribution is 0.604. The van der Waals surface area contributed by atoms with Crippen LogP contribution in [0.1, 0.15) is 5.56 Å². The molecular formula is C13H16N4. The van der Waals surface area contributed by atoms with E-state index >= 15 is 0 Å². The number of nitrogen functional groups attached to an aromatic ring is 1. The first-order chi connectivity index (χ1) is 8.33. The van der Waals surface area contributed by atoms with E-state index in [-0.39, 0.29) is 0 Å². The summed E-state index contributed by atoms with van der Waals surface area (Å²) in [6.07, 6.45) is 3.08. The Morgan fingerprint density at radius 3 is 2.88 bits per heavy atom. The lowest BCUT2D eigenvalue weighted by Crippen LogP contribution is -2.25. The minimum absolute atomic E-state index is 0.590. The average Bonchev–Trinajstić information content (AvgIpc) is 2.93. The number of anilines is 2. The van der Waals surface area contributed by atoms with Gasteiger partial charge in [0.1, 0.15) is 5.82 Å². The molecule has 1 aromatic carbocycles. The van der Waals surface area contributed by atoms with Crippen molar-refractivity contribution in [1.29, 1.82) is 0 Å². The van der Waals surface area contributed by atoms with Gasteiger partial charge in [0.05, 0.1) is 6.54 Å². The quantitative estimate of drug-likeness (QED) is 0.866. The zero-order valence-corrected chi connectivity index (χ0v) is 9.71. The van der Waals surface area contributed by atoms with Crippen molar-refractivity contribution in [2.24, 2.45) is 0 Å². The molecule has 2 heterocycles. The maximum absolute atomic E-state index is 5.59. The molecule has 1 aliphatic rings. The van der Waals surface area contributed by atoms with Gasteiger partial charge >= 0.3 is 0 Å². The molecule has 0 radical (unpaired) electrons. The molecule has 0 amide bonds. The zero-order chi connectivity index (χ0) is 11.7. The van der Waals surface area contributed by atoms with Crippen LogP contribution in [0.5, 0.6) is 0 Å². The second-order valence-corrected chi connectivity index (χ2v) is 4.37. The van der Waals surface area contributed by atoms with Gasteiger partial charge in [-0.25, -0.2) is 0 Å². The van der Waals surface area contributed by atoms with Crippen molar-refractivity contribution in [3.8, 4) is 0 Å². The Balaban J connectivity index is 1.68. The summed E-state index contributed by atoms with van der Waals surface area (Å²) >= 11 is 0. The van der Waals surface area contributed by atoms with E-state index in [1.165, 1.54) is 11.3 Å². The molecule has 0 unspecified atom stereocenters. The third kappa shape index (κ3) is 1.98. The van der Waals surface area contributed by atoms with Crippen molar-refractivity contribution in [3.63, 3.8) is 0 Å². The molecule has 4 heteroatoms. The highest BCUT2D eigenvalue weighted by atomic mass is 15.3. The fourth-order valence-corrected chi connectivity index (χ4v) is 2.36. The number of nitrogens with two attached hydrogens (primary N) is 1. The first kappa shape index (κ1) is 10.2. The number of hydrogen-bond donors (Lipinski definition) is 1. The molecule has 0 aliphatic carbocycles. The van der Waals surface area contributed by atoms with Crippen molar-refractivity contribution in [2.75, 3.05) is 23.7 Å². The van der Waals surface area contributed by atoms with Crippen molar-refractivity contribution < 1.29 is 0 Å². The zero-order valence-electron chi connectivity index (χ0n) is 9.71. The molecule has 0 saturated heterocycles. The predicted molar refractivity (Wildman–Crippen MR) is 69.0 cm³/mol. The molecule has 1 aliphatic heterocycles. The molecule has 2 N–H and O–H groups in total. The number of fused-ring (bicyclic) bond motifs is 1. The summed E-state index contributed by atoms with van der Waals surface area (Å²) in [4.78, 5) is 2.41. The topological polar surface area (TPSA) is 47.1 Å². The average molecular weight is 228 g/mol. The SMILES string of the molecule is Nc1ccn(CCN2CCc3ccccc32)n1. The van der Waals surface area contributed by atoms with Crippen LogP contribution in [0.4, 0.5) is 11.5 Å². The molecule has 0 bridgehead atoms. The Morgan fingerprint density at radius 1 is 1.18 bits per heavy atom. The molecule has 17 heavy (non-hydrogen) atoms. The molecule has 0 atom stereocenters. The first-order valence-electron chi connectivity index (χ1n) is 5.95. The van der Waals surface area contributed by atoms with E-state index in [1.807, 2.05) is 16.9 Å². The van der Waals surface area contributed by atoms with Crippen LogP contribution < -0.4 is 10.6 Å². The minimum Gasteiger partial charge on any atom is -0.382 e. The highest BCUT2D eigenvalue weighted by Crippen LogP contribution is 2.26. The minimum atomic E-state index is 0.590.